The molecule has 14 heteroatoms. The molecule has 0 spiro atoms. The van der Waals surface area contributed by atoms with E-state index in [2.05, 4.69) is 26.6 Å². The van der Waals surface area contributed by atoms with Crippen molar-refractivity contribution in [2.24, 2.45) is 5.73 Å². The van der Waals surface area contributed by atoms with E-state index in [-0.39, 0.29) is 11.8 Å². The van der Waals surface area contributed by atoms with Gasteiger partial charge in [-0.05, 0) is 99.5 Å². The Morgan fingerprint density at radius 3 is 1.37 bits per heavy atom. The number of amides is 5. The van der Waals surface area contributed by atoms with Crippen molar-refractivity contribution in [1.29, 1.82) is 0 Å². The Morgan fingerprint density at radius 2 is 1.05 bits per heavy atom. The number of nitrogens with two attached hydrogens (primary N) is 1. The van der Waals surface area contributed by atoms with E-state index in [1.54, 1.807) is 41.5 Å². The normalized spacial score (nSPS) is 12.4. The summed E-state index contributed by atoms with van der Waals surface area (Å²) in [5, 5.41) is 21.5. The van der Waals surface area contributed by atoms with Crippen molar-refractivity contribution in [1.82, 2.24) is 26.6 Å². The van der Waals surface area contributed by atoms with E-state index in [1.165, 1.54) is 0 Å². The Hall–Kier alpha value is -3.29. The van der Waals surface area contributed by atoms with Gasteiger partial charge in [0.1, 0.15) is 23.3 Å². The third kappa shape index (κ3) is 27.3. The van der Waals surface area contributed by atoms with Crippen molar-refractivity contribution in [3.63, 3.8) is 0 Å². The molecule has 0 heterocycles. The molecule has 2 atom stereocenters. The van der Waals surface area contributed by atoms with Crippen molar-refractivity contribution in [2.45, 2.75) is 130 Å². The fourth-order valence-corrected chi connectivity index (χ4v) is 3.34. The van der Waals surface area contributed by atoms with E-state index in [0.29, 0.717) is 51.9 Å². The minimum absolute atomic E-state index is 0.172. The van der Waals surface area contributed by atoms with E-state index in [9.17, 15) is 24.0 Å². The molecule has 8 N–H and O–H groups in total. The zero-order valence-electron chi connectivity index (χ0n) is 27.5. The van der Waals surface area contributed by atoms with Crippen LogP contribution in [0.4, 0.5) is 14.4 Å². The van der Waals surface area contributed by atoms with E-state index in [1.807, 2.05) is 13.8 Å². The lowest BCUT2D eigenvalue weighted by atomic mass is 10.1. The highest BCUT2D eigenvalue weighted by Gasteiger charge is 2.25. The van der Waals surface area contributed by atoms with Crippen LogP contribution in [-0.4, -0.2) is 84.7 Å². The quantitative estimate of drug-likeness (QED) is 0.119. The van der Waals surface area contributed by atoms with Gasteiger partial charge in [0.2, 0.25) is 11.8 Å². The van der Waals surface area contributed by atoms with Gasteiger partial charge in [-0.25, -0.2) is 14.4 Å². The Labute approximate surface area is 257 Å². The highest BCUT2D eigenvalue weighted by molar-refractivity contribution is 5.86. The molecular formula is C29H58N6O8. The summed E-state index contributed by atoms with van der Waals surface area (Å²) in [5.41, 5.74) is 4.23. The third-order valence-electron chi connectivity index (χ3n) is 5.26. The number of hydrogen-bond acceptors (Lipinski definition) is 8. The van der Waals surface area contributed by atoms with Crippen molar-refractivity contribution in [3.8, 4) is 0 Å². The summed E-state index contributed by atoms with van der Waals surface area (Å²) in [5.74, 6) is -0.432. The van der Waals surface area contributed by atoms with Crippen LogP contribution in [0.2, 0.25) is 0 Å². The molecule has 0 aromatic rings. The number of carboxylic acid groups (broad SMARTS) is 1. The molecule has 43 heavy (non-hydrogen) atoms. The average Bonchev–Trinajstić information content (AvgIpc) is 2.87. The fraction of sp³-hybridized carbons (Fsp3) is 0.828. The SMILES string of the molecule is CCCNC(=O)[C@H](CCCCN)NC(=O)OC(C)(C)C.CCCNC(=O)[C@H](CCCCNC(=O)O)NC(=O)OC(C)(C)C. The molecule has 0 fully saturated rings. The molecule has 0 rings (SSSR count). The summed E-state index contributed by atoms with van der Waals surface area (Å²) in [6, 6.07) is -1.26. The summed E-state index contributed by atoms with van der Waals surface area (Å²) < 4.78 is 10.3. The van der Waals surface area contributed by atoms with Crippen molar-refractivity contribution in [2.75, 3.05) is 26.2 Å². The summed E-state index contributed by atoms with van der Waals surface area (Å²) in [6.45, 7) is 16.5. The second-order valence-electron chi connectivity index (χ2n) is 12.0. The van der Waals surface area contributed by atoms with E-state index in [4.69, 9.17) is 20.3 Å². The minimum atomic E-state index is -1.07. The van der Waals surface area contributed by atoms with E-state index in [0.717, 1.165) is 25.7 Å². The highest BCUT2D eigenvalue weighted by Crippen LogP contribution is 2.09. The van der Waals surface area contributed by atoms with Crippen LogP contribution in [0, 0.1) is 0 Å². The van der Waals surface area contributed by atoms with Gasteiger partial charge in [0.25, 0.3) is 0 Å². The first-order chi connectivity index (χ1) is 19.9. The lowest BCUT2D eigenvalue weighted by molar-refractivity contribution is -0.124. The largest absolute Gasteiger partial charge is 0.465 e. The number of alkyl carbamates (subject to hydrolysis) is 2. The van der Waals surface area contributed by atoms with Crippen LogP contribution in [0.1, 0.15) is 107 Å². The molecule has 0 radical (unpaired) electrons. The van der Waals surface area contributed by atoms with Crippen molar-refractivity contribution >= 4 is 30.1 Å². The molecule has 0 aliphatic carbocycles. The van der Waals surface area contributed by atoms with Gasteiger partial charge in [-0.15, -0.1) is 0 Å². The number of unbranched alkanes of at least 4 members (excludes halogenated alkanes) is 2. The number of rotatable bonds is 17. The monoisotopic (exact) mass is 618 g/mol. The number of carbonyl (C=O) groups excluding carboxylic acids is 4. The summed E-state index contributed by atoms with van der Waals surface area (Å²) in [6.07, 6.45) is 3.14. The first-order valence-electron chi connectivity index (χ1n) is 15.2. The molecule has 0 saturated carbocycles. The molecule has 14 nitrogen and oxygen atoms in total. The number of ether oxygens (including phenoxy) is 2. The van der Waals surface area contributed by atoms with Crippen molar-refractivity contribution < 1.29 is 38.6 Å². The predicted octanol–water partition coefficient (Wildman–Crippen LogP) is 3.38. The van der Waals surface area contributed by atoms with Gasteiger partial charge in [0.05, 0.1) is 0 Å². The van der Waals surface area contributed by atoms with Gasteiger partial charge in [-0.2, -0.15) is 0 Å². The third-order valence-corrected chi connectivity index (χ3v) is 5.26. The number of nitrogens with one attached hydrogen (secondary N) is 5. The lowest BCUT2D eigenvalue weighted by Crippen LogP contribution is -2.48. The fourth-order valence-electron chi connectivity index (χ4n) is 3.34. The molecule has 5 amide bonds. The minimum Gasteiger partial charge on any atom is -0.465 e. The van der Waals surface area contributed by atoms with Gasteiger partial charge in [-0.1, -0.05) is 13.8 Å². The number of carbonyl (C=O) groups is 5. The second kappa shape index (κ2) is 23.2. The van der Waals surface area contributed by atoms with Crippen molar-refractivity contribution in [3.05, 3.63) is 0 Å². The molecule has 0 aromatic heterocycles. The predicted molar refractivity (Wildman–Crippen MR) is 166 cm³/mol. The van der Waals surface area contributed by atoms with Crippen LogP contribution in [0.5, 0.6) is 0 Å². The first kappa shape index (κ1) is 41.8. The molecule has 0 saturated heterocycles. The first-order valence-corrected chi connectivity index (χ1v) is 15.2. The average molecular weight is 619 g/mol. The van der Waals surface area contributed by atoms with E-state index < -0.39 is 41.6 Å². The highest BCUT2D eigenvalue weighted by atomic mass is 16.6. The molecule has 0 aromatic carbocycles. The lowest BCUT2D eigenvalue weighted by Gasteiger charge is -2.23. The Kier molecular flexibility index (Phi) is 22.6. The van der Waals surface area contributed by atoms with Gasteiger partial charge in [0, 0.05) is 19.6 Å². The van der Waals surface area contributed by atoms with Crippen LogP contribution in [0.3, 0.4) is 0 Å². The van der Waals surface area contributed by atoms with Crippen LogP contribution in [-0.2, 0) is 19.1 Å². The van der Waals surface area contributed by atoms with Gasteiger partial charge >= 0.3 is 18.3 Å². The standard InChI is InChI=1S/C15H29N3O5.C14H29N3O3/c1-5-9-16-12(19)11(8-6-7-10-17-13(20)21)18-14(22)23-15(2,3)4;1-5-10-16-12(18)11(8-6-7-9-15)17-13(19)20-14(2,3)4/h11,17H,5-10H2,1-4H3,(H,16,19)(H,18,22)(H,20,21);11H,5-10,15H2,1-4H3,(H,16,18)(H,17,19)/t2*11-/m00/s1. The Morgan fingerprint density at radius 1 is 0.651 bits per heavy atom. The molecule has 0 aliphatic heterocycles. The van der Waals surface area contributed by atoms with Gasteiger partial charge in [0.15, 0.2) is 0 Å². The van der Waals surface area contributed by atoms with Crippen LogP contribution in [0.15, 0.2) is 0 Å². The van der Waals surface area contributed by atoms with Crippen LogP contribution < -0.4 is 32.3 Å². The van der Waals surface area contributed by atoms with Gasteiger partial charge < -0.3 is 46.9 Å². The van der Waals surface area contributed by atoms with Crippen LogP contribution in [0.25, 0.3) is 0 Å². The van der Waals surface area contributed by atoms with E-state index >= 15 is 0 Å². The maximum atomic E-state index is 12.1. The molecule has 0 bridgehead atoms. The summed E-state index contributed by atoms with van der Waals surface area (Å²) in [4.78, 5) is 58.0. The second-order valence-corrected chi connectivity index (χ2v) is 12.0. The maximum Gasteiger partial charge on any atom is 0.408 e. The molecule has 252 valence electrons. The van der Waals surface area contributed by atoms with Gasteiger partial charge in [-0.3, -0.25) is 9.59 Å². The maximum absolute atomic E-state index is 12.1. The summed E-state index contributed by atoms with van der Waals surface area (Å²) in [7, 11) is 0. The molecule has 0 unspecified atom stereocenters. The zero-order chi connectivity index (χ0) is 33.5. The molecular weight excluding hydrogens is 560 g/mol. The molecule has 0 aliphatic rings. The zero-order valence-corrected chi connectivity index (χ0v) is 27.5. The number of hydrogen-bond donors (Lipinski definition) is 7. The Balaban J connectivity index is 0. The topological polar surface area (TPSA) is 210 Å². The van der Waals surface area contributed by atoms with Crippen LogP contribution >= 0.6 is 0 Å². The summed E-state index contributed by atoms with van der Waals surface area (Å²) >= 11 is 0. The smallest absolute Gasteiger partial charge is 0.408 e. The Bertz CT molecular complexity index is 827.